The molecule has 0 aliphatic carbocycles. The molecule has 0 unspecified atom stereocenters. The molecule has 1 aromatic carbocycles. The second kappa shape index (κ2) is 10.8. The average molecular weight is 515 g/mol. The van der Waals surface area contributed by atoms with Gasteiger partial charge in [-0.25, -0.2) is 18.2 Å². The Balaban J connectivity index is 1.51. The molecule has 10 nitrogen and oxygen atoms in total. The summed E-state index contributed by atoms with van der Waals surface area (Å²) in [5.74, 6) is -3.67. The van der Waals surface area contributed by atoms with Crippen LogP contribution in [0.1, 0.15) is 21.5 Å². The van der Waals surface area contributed by atoms with Crippen molar-refractivity contribution in [1.29, 1.82) is 5.26 Å². The molecule has 1 fully saturated rings. The summed E-state index contributed by atoms with van der Waals surface area (Å²) in [5.41, 5.74) is 0.513. The van der Waals surface area contributed by atoms with Gasteiger partial charge in [0.15, 0.2) is 23.2 Å². The van der Waals surface area contributed by atoms with Gasteiger partial charge >= 0.3 is 0 Å². The molecule has 1 N–H and O–H groups in total. The van der Waals surface area contributed by atoms with Gasteiger partial charge in [-0.1, -0.05) is 0 Å². The number of ether oxygens (including phenoxy) is 2. The molecular weight excluding hydrogens is 491 g/mol. The van der Waals surface area contributed by atoms with Gasteiger partial charge in [0, 0.05) is 63.8 Å². The summed E-state index contributed by atoms with van der Waals surface area (Å²) in [6, 6.07) is 4.14. The van der Waals surface area contributed by atoms with E-state index in [0.29, 0.717) is 43.8 Å². The van der Waals surface area contributed by atoms with Gasteiger partial charge in [0.25, 0.3) is 5.91 Å². The summed E-state index contributed by atoms with van der Waals surface area (Å²) < 4.78 is 54.0. The predicted molar refractivity (Wildman–Crippen MR) is 127 cm³/mol. The van der Waals surface area contributed by atoms with Crippen molar-refractivity contribution in [3.63, 3.8) is 0 Å². The first-order chi connectivity index (χ1) is 17.7. The Morgan fingerprint density at radius 2 is 1.86 bits per heavy atom. The van der Waals surface area contributed by atoms with Gasteiger partial charge in [0.2, 0.25) is 5.88 Å². The van der Waals surface area contributed by atoms with Gasteiger partial charge in [-0.2, -0.15) is 5.26 Å². The Bertz CT molecular complexity index is 1360. The number of amides is 1. The van der Waals surface area contributed by atoms with E-state index in [1.165, 1.54) is 30.3 Å². The Labute approximate surface area is 210 Å². The van der Waals surface area contributed by atoms with Crippen LogP contribution in [0.4, 0.5) is 24.7 Å². The van der Waals surface area contributed by atoms with Crippen LogP contribution in [0, 0.1) is 28.8 Å². The van der Waals surface area contributed by atoms with Gasteiger partial charge < -0.3 is 19.7 Å². The Hall–Kier alpha value is -4.31. The molecule has 3 heterocycles. The number of nitrogens with zero attached hydrogens (tertiary/aromatic N) is 6. The van der Waals surface area contributed by atoms with E-state index >= 15 is 0 Å². The number of carbonyl (C=O) groups excluding carboxylic acids is 1. The molecule has 0 bridgehead atoms. The molecule has 1 saturated heterocycles. The lowest BCUT2D eigenvalue weighted by Crippen LogP contribution is -2.46. The zero-order chi connectivity index (χ0) is 26.7. The number of pyridine rings is 1. The molecule has 4 rings (SSSR count). The van der Waals surface area contributed by atoms with Gasteiger partial charge in [-0.05, 0) is 6.07 Å². The van der Waals surface area contributed by atoms with E-state index in [2.05, 4.69) is 15.4 Å². The van der Waals surface area contributed by atoms with Crippen molar-refractivity contribution in [2.24, 2.45) is 7.05 Å². The van der Waals surface area contributed by atoms with E-state index in [4.69, 9.17) is 9.47 Å². The van der Waals surface area contributed by atoms with Gasteiger partial charge in [-0.3, -0.25) is 14.4 Å². The smallest absolute Gasteiger partial charge is 0.262 e. The minimum absolute atomic E-state index is 0.0761. The summed E-state index contributed by atoms with van der Waals surface area (Å²) >= 11 is 0. The fourth-order valence-electron chi connectivity index (χ4n) is 4.11. The monoisotopic (exact) mass is 515 g/mol. The molecule has 0 saturated carbocycles. The Kier molecular flexibility index (Phi) is 7.49. The van der Waals surface area contributed by atoms with E-state index in [1.807, 2.05) is 15.9 Å². The summed E-state index contributed by atoms with van der Waals surface area (Å²) in [7, 11) is 4.18. The average Bonchev–Trinajstić information content (AvgIpc) is 3.28. The van der Waals surface area contributed by atoms with Crippen LogP contribution in [0.5, 0.6) is 11.6 Å². The second-order valence-corrected chi connectivity index (χ2v) is 8.32. The zero-order valence-corrected chi connectivity index (χ0v) is 20.4. The number of hydrogen-bond donors (Lipinski definition) is 1. The SMILES string of the molecule is COc1nn(C)cc1C(=O)Nc1cc(C#N)cnc1N1CCN(Cc2c(F)cc(F)c(OC)c2F)CC1. The quantitative estimate of drug-likeness (QED) is 0.512. The lowest BCUT2D eigenvalue weighted by Gasteiger charge is -2.36. The third-order valence-electron chi connectivity index (χ3n) is 5.96. The molecule has 1 aliphatic rings. The number of aromatic nitrogens is 3. The predicted octanol–water partition coefficient (Wildman–Crippen LogP) is 2.70. The standard InChI is InChI=1S/C24H24F3N7O3/c1-32-12-16(24(31-32)37-3)23(35)30-19-8-14(10-28)11-29-22(19)34-6-4-33(5-7-34)13-15-17(25)9-18(26)21(36-2)20(15)27/h8-9,11-12H,4-7,13H2,1-3H3,(H,30,35). The van der Waals surface area contributed by atoms with Crippen LogP contribution in [-0.2, 0) is 13.6 Å². The molecule has 194 valence electrons. The van der Waals surface area contributed by atoms with Gasteiger partial charge in [0.1, 0.15) is 17.4 Å². The maximum atomic E-state index is 14.6. The molecule has 3 aromatic rings. The fourth-order valence-corrected chi connectivity index (χ4v) is 4.11. The number of piperazine rings is 1. The van der Waals surface area contributed by atoms with Crippen molar-refractivity contribution in [3.8, 4) is 17.7 Å². The number of anilines is 2. The van der Waals surface area contributed by atoms with Crippen molar-refractivity contribution in [1.82, 2.24) is 19.7 Å². The molecular formula is C24H24F3N7O3. The molecule has 13 heteroatoms. The number of nitriles is 1. The molecule has 2 aromatic heterocycles. The maximum Gasteiger partial charge on any atom is 0.262 e. The van der Waals surface area contributed by atoms with Crippen LogP contribution in [0.3, 0.4) is 0 Å². The summed E-state index contributed by atoms with van der Waals surface area (Å²) in [6.45, 7) is 1.57. The van der Waals surface area contributed by atoms with Crippen molar-refractivity contribution >= 4 is 17.4 Å². The third kappa shape index (κ3) is 5.29. The van der Waals surface area contributed by atoms with Gasteiger partial charge in [0.05, 0.1) is 25.5 Å². The van der Waals surface area contributed by atoms with Crippen LogP contribution in [0.15, 0.2) is 24.5 Å². The highest BCUT2D eigenvalue weighted by atomic mass is 19.1. The number of methoxy groups -OCH3 is 2. The van der Waals surface area contributed by atoms with Crippen molar-refractivity contribution in [3.05, 3.63) is 58.7 Å². The summed E-state index contributed by atoms with van der Waals surface area (Å²) in [4.78, 5) is 21.0. The van der Waals surface area contributed by atoms with E-state index in [1.54, 1.807) is 7.05 Å². The highest BCUT2D eigenvalue weighted by Crippen LogP contribution is 2.30. The Morgan fingerprint density at radius 3 is 2.51 bits per heavy atom. The lowest BCUT2D eigenvalue weighted by atomic mass is 10.1. The summed E-state index contributed by atoms with van der Waals surface area (Å²) in [5, 5.41) is 16.2. The minimum atomic E-state index is -1.10. The first kappa shape index (κ1) is 25.8. The highest BCUT2D eigenvalue weighted by molar-refractivity contribution is 6.07. The van der Waals surface area contributed by atoms with Gasteiger partial charge in [-0.15, -0.1) is 5.10 Å². The minimum Gasteiger partial charge on any atom is -0.491 e. The number of aryl methyl sites for hydroxylation is 1. The molecule has 37 heavy (non-hydrogen) atoms. The topological polar surface area (TPSA) is 109 Å². The van der Waals surface area contributed by atoms with E-state index in [-0.39, 0.29) is 29.1 Å². The number of hydrogen-bond acceptors (Lipinski definition) is 8. The van der Waals surface area contributed by atoms with Crippen LogP contribution in [-0.4, -0.2) is 66.0 Å². The zero-order valence-electron chi connectivity index (χ0n) is 20.4. The van der Waals surface area contributed by atoms with Crippen LogP contribution in [0.25, 0.3) is 0 Å². The largest absolute Gasteiger partial charge is 0.491 e. The third-order valence-corrected chi connectivity index (χ3v) is 5.96. The number of rotatable bonds is 7. The molecule has 0 radical (unpaired) electrons. The van der Waals surface area contributed by atoms with Crippen LogP contribution < -0.4 is 19.7 Å². The maximum absolute atomic E-state index is 14.6. The number of halogens is 3. The molecule has 1 amide bonds. The second-order valence-electron chi connectivity index (χ2n) is 8.32. The molecule has 0 spiro atoms. The number of benzene rings is 1. The first-order valence-corrected chi connectivity index (χ1v) is 11.2. The highest BCUT2D eigenvalue weighted by Gasteiger charge is 2.26. The molecule has 0 atom stereocenters. The number of carbonyl (C=O) groups is 1. The van der Waals surface area contributed by atoms with Crippen LogP contribution >= 0.6 is 0 Å². The number of nitrogens with one attached hydrogen (secondary N) is 1. The van der Waals surface area contributed by atoms with Crippen molar-refractivity contribution < 1.29 is 27.4 Å². The lowest BCUT2D eigenvalue weighted by molar-refractivity contribution is 0.102. The molecule has 1 aliphatic heterocycles. The normalized spacial score (nSPS) is 13.8. The van der Waals surface area contributed by atoms with Crippen molar-refractivity contribution in [2.45, 2.75) is 6.54 Å². The Morgan fingerprint density at radius 1 is 1.14 bits per heavy atom. The summed E-state index contributed by atoms with van der Waals surface area (Å²) in [6.07, 6.45) is 2.91. The first-order valence-electron chi connectivity index (χ1n) is 11.2. The van der Waals surface area contributed by atoms with E-state index < -0.39 is 29.1 Å². The fraction of sp³-hybridized carbons (Fsp3) is 0.333. The van der Waals surface area contributed by atoms with E-state index in [9.17, 15) is 23.2 Å². The van der Waals surface area contributed by atoms with Crippen molar-refractivity contribution in [2.75, 3.05) is 50.6 Å². The van der Waals surface area contributed by atoms with E-state index in [0.717, 1.165) is 7.11 Å². The van der Waals surface area contributed by atoms with Crippen LogP contribution in [0.2, 0.25) is 0 Å².